The number of aryl methyl sites for hydroxylation is 1. The van der Waals surface area contributed by atoms with Crippen molar-refractivity contribution < 1.29 is 14.0 Å². The average Bonchev–Trinajstić information content (AvgIpc) is 3.20. The SMILES string of the molecule is Cc1ccc(C(=O)Nc2ccc(NC(=O)c3cn[nH]c3)cc2)o1. The number of anilines is 2. The highest BCUT2D eigenvalue weighted by atomic mass is 16.3. The van der Waals surface area contributed by atoms with Gasteiger partial charge in [0.05, 0.1) is 11.8 Å². The minimum Gasteiger partial charge on any atom is -0.456 e. The summed E-state index contributed by atoms with van der Waals surface area (Å²) in [5, 5.41) is 11.7. The molecular weight excluding hydrogens is 296 g/mol. The van der Waals surface area contributed by atoms with Crippen molar-refractivity contribution >= 4 is 23.2 Å². The van der Waals surface area contributed by atoms with Crippen molar-refractivity contribution in [2.24, 2.45) is 0 Å². The topological polar surface area (TPSA) is 100 Å². The third kappa shape index (κ3) is 3.46. The van der Waals surface area contributed by atoms with Crippen molar-refractivity contribution in [1.29, 1.82) is 0 Å². The van der Waals surface area contributed by atoms with Crippen LogP contribution in [0.15, 0.2) is 53.2 Å². The van der Waals surface area contributed by atoms with Gasteiger partial charge in [0.15, 0.2) is 5.76 Å². The molecule has 3 N–H and O–H groups in total. The molecule has 0 aliphatic rings. The molecule has 116 valence electrons. The van der Waals surface area contributed by atoms with Gasteiger partial charge < -0.3 is 15.1 Å². The Hall–Kier alpha value is -3.35. The summed E-state index contributed by atoms with van der Waals surface area (Å²) < 4.78 is 5.26. The average molecular weight is 310 g/mol. The number of furan rings is 1. The normalized spacial score (nSPS) is 10.3. The predicted octanol–water partition coefficient (Wildman–Crippen LogP) is 2.82. The Morgan fingerprint density at radius 3 is 2.17 bits per heavy atom. The van der Waals surface area contributed by atoms with Crippen LogP contribution in [0.1, 0.15) is 26.7 Å². The van der Waals surface area contributed by atoms with Crippen molar-refractivity contribution in [1.82, 2.24) is 10.2 Å². The van der Waals surface area contributed by atoms with Gasteiger partial charge in [-0.3, -0.25) is 14.7 Å². The van der Waals surface area contributed by atoms with Crippen LogP contribution < -0.4 is 10.6 Å². The number of aromatic nitrogens is 2. The molecule has 2 aromatic heterocycles. The molecule has 0 saturated carbocycles. The predicted molar refractivity (Wildman–Crippen MR) is 84.4 cm³/mol. The fourth-order valence-corrected chi connectivity index (χ4v) is 1.96. The van der Waals surface area contributed by atoms with Gasteiger partial charge in [-0.1, -0.05) is 0 Å². The summed E-state index contributed by atoms with van der Waals surface area (Å²) in [5.74, 6) is 0.335. The fourth-order valence-electron chi connectivity index (χ4n) is 1.96. The number of hydrogen-bond donors (Lipinski definition) is 3. The number of nitrogens with zero attached hydrogens (tertiary/aromatic N) is 1. The van der Waals surface area contributed by atoms with Crippen LogP contribution in [-0.4, -0.2) is 22.0 Å². The Labute approximate surface area is 131 Å². The number of carbonyl (C=O) groups is 2. The summed E-state index contributed by atoms with van der Waals surface area (Å²) in [4.78, 5) is 23.8. The van der Waals surface area contributed by atoms with Crippen LogP contribution in [0.25, 0.3) is 0 Å². The molecule has 7 nitrogen and oxygen atoms in total. The molecule has 0 atom stereocenters. The lowest BCUT2D eigenvalue weighted by molar-refractivity contribution is 0.0993. The molecule has 7 heteroatoms. The van der Waals surface area contributed by atoms with Gasteiger partial charge in [-0.05, 0) is 43.3 Å². The second-order valence-corrected chi connectivity index (χ2v) is 4.88. The van der Waals surface area contributed by atoms with Gasteiger partial charge in [-0.15, -0.1) is 0 Å². The highest BCUT2D eigenvalue weighted by molar-refractivity contribution is 6.04. The van der Waals surface area contributed by atoms with E-state index >= 15 is 0 Å². The Morgan fingerprint density at radius 2 is 1.65 bits per heavy atom. The van der Waals surface area contributed by atoms with E-state index < -0.39 is 0 Å². The molecule has 0 unspecified atom stereocenters. The van der Waals surface area contributed by atoms with Crippen molar-refractivity contribution in [3.05, 3.63) is 65.9 Å². The molecule has 2 amide bonds. The molecule has 0 bridgehead atoms. The molecule has 3 aromatic rings. The highest BCUT2D eigenvalue weighted by Gasteiger charge is 2.10. The highest BCUT2D eigenvalue weighted by Crippen LogP contribution is 2.16. The Morgan fingerprint density at radius 1 is 1.00 bits per heavy atom. The molecule has 2 heterocycles. The maximum Gasteiger partial charge on any atom is 0.291 e. The Kier molecular flexibility index (Phi) is 3.92. The van der Waals surface area contributed by atoms with E-state index in [0.29, 0.717) is 22.7 Å². The molecule has 0 fully saturated rings. The first-order valence-electron chi connectivity index (χ1n) is 6.90. The summed E-state index contributed by atoms with van der Waals surface area (Å²) in [6.45, 7) is 1.77. The monoisotopic (exact) mass is 310 g/mol. The summed E-state index contributed by atoms with van der Waals surface area (Å²) in [6.07, 6.45) is 2.95. The number of nitrogens with one attached hydrogen (secondary N) is 3. The van der Waals surface area contributed by atoms with Crippen LogP contribution in [0.5, 0.6) is 0 Å². The zero-order valence-corrected chi connectivity index (χ0v) is 12.3. The summed E-state index contributed by atoms with van der Waals surface area (Å²) >= 11 is 0. The van der Waals surface area contributed by atoms with Crippen molar-refractivity contribution in [2.75, 3.05) is 10.6 Å². The van der Waals surface area contributed by atoms with E-state index in [0.717, 1.165) is 0 Å². The van der Waals surface area contributed by atoms with Crippen molar-refractivity contribution in [3.8, 4) is 0 Å². The third-order valence-corrected chi connectivity index (χ3v) is 3.13. The smallest absolute Gasteiger partial charge is 0.291 e. The molecule has 1 aromatic carbocycles. The molecule has 0 radical (unpaired) electrons. The van der Waals surface area contributed by atoms with E-state index in [4.69, 9.17) is 4.42 Å². The van der Waals surface area contributed by atoms with Crippen LogP contribution in [-0.2, 0) is 0 Å². The Bertz CT molecular complexity index is 819. The van der Waals surface area contributed by atoms with Gasteiger partial charge in [0.1, 0.15) is 5.76 Å². The van der Waals surface area contributed by atoms with Crippen molar-refractivity contribution in [3.63, 3.8) is 0 Å². The molecule has 0 spiro atoms. The minimum atomic E-state index is -0.326. The molecular formula is C16H14N4O3. The van der Waals surface area contributed by atoms with E-state index in [-0.39, 0.29) is 17.6 Å². The van der Waals surface area contributed by atoms with Gasteiger partial charge in [0.25, 0.3) is 11.8 Å². The zero-order valence-electron chi connectivity index (χ0n) is 12.3. The van der Waals surface area contributed by atoms with Crippen LogP contribution in [0.3, 0.4) is 0 Å². The van der Waals surface area contributed by atoms with Crippen LogP contribution in [0.4, 0.5) is 11.4 Å². The maximum absolute atomic E-state index is 12.0. The van der Waals surface area contributed by atoms with Crippen molar-refractivity contribution in [2.45, 2.75) is 6.92 Å². The maximum atomic E-state index is 12.0. The summed E-state index contributed by atoms with van der Waals surface area (Å²) in [7, 11) is 0. The summed E-state index contributed by atoms with van der Waals surface area (Å²) in [6, 6.07) is 10.1. The van der Waals surface area contributed by atoms with Gasteiger partial charge >= 0.3 is 0 Å². The number of rotatable bonds is 4. The standard InChI is InChI=1S/C16H14N4O3/c1-10-2-7-14(23-10)16(22)20-13-5-3-12(4-6-13)19-15(21)11-8-17-18-9-11/h2-9H,1H3,(H,17,18)(H,19,21)(H,20,22). The number of carbonyl (C=O) groups excluding carboxylic acids is 2. The first-order valence-corrected chi connectivity index (χ1v) is 6.90. The third-order valence-electron chi connectivity index (χ3n) is 3.13. The zero-order chi connectivity index (χ0) is 16.2. The largest absolute Gasteiger partial charge is 0.456 e. The number of H-pyrrole nitrogens is 1. The van der Waals surface area contributed by atoms with Crippen LogP contribution >= 0.6 is 0 Å². The van der Waals surface area contributed by atoms with Gasteiger partial charge in [-0.25, -0.2) is 0 Å². The lowest BCUT2D eigenvalue weighted by Crippen LogP contribution is -2.12. The van der Waals surface area contributed by atoms with Gasteiger partial charge in [0.2, 0.25) is 0 Å². The fraction of sp³-hybridized carbons (Fsp3) is 0.0625. The second kappa shape index (κ2) is 6.18. The molecule has 0 aliphatic heterocycles. The number of aromatic amines is 1. The van der Waals surface area contributed by atoms with Gasteiger partial charge in [0, 0.05) is 17.6 Å². The van der Waals surface area contributed by atoms with Gasteiger partial charge in [-0.2, -0.15) is 5.10 Å². The number of amides is 2. The number of benzene rings is 1. The second-order valence-electron chi connectivity index (χ2n) is 4.88. The minimum absolute atomic E-state index is 0.250. The Balaban J connectivity index is 1.63. The lowest BCUT2D eigenvalue weighted by Gasteiger charge is -2.06. The lowest BCUT2D eigenvalue weighted by atomic mass is 10.2. The summed E-state index contributed by atoms with van der Waals surface area (Å²) in [5.41, 5.74) is 1.66. The number of hydrogen-bond acceptors (Lipinski definition) is 4. The van der Waals surface area contributed by atoms with E-state index in [9.17, 15) is 9.59 Å². The van der Waals surface area contributed by atoms with E-state index in [1.165, 1.54) is 12.4 Å². The quantitative estimate of drug-likeness (QED) is 0.690. The molecule has 23 heavy (non-hydrogen) atoms. The van der Waals surface area contributed by atoms with Crippen LogP contribution in [0, 0.1) is 6.92 Å². The van der Waals surface area contributed by atoms with E-state index in [1.54, 1.807) is 43.3 Å². The van der Waals surface area contributed by atoms with E-state index in [2.05, 4.69) is 20.8 Å². The first-order chi connectivity index (χ1) is 11.1. The van der Waals surface area contributed by atoms with E-state index in [1.807, 2.05) is 0 Å². The molecule has 0 aliphatic carbocycles. The van der Waals surface area contributed by atoms with Crippen LogP contribution in [0.2, 0.25) is 0 Å². The molecule has 0 saturated heterocycles. The first kappa shape index (κ1) is 14.6. The molecule has 3 rings (SSSR count).